The number of Topliss-reactive ketones (excluding diaryl/α,β-unsaturated/α-hetero) is 1. The van der Waals surface area contributed by atoms with Crippen LogP contribution in [0.1, 0.15) is 32.1 Å². The molecular formula is C14H20O4S. The Morgan fingerprint density at radius 3 is 2.95 bits per heavy atom. The number of aliphatic carboxylic acids is 1. The fourth-order valence-corrected chi connectivity index (χ4v) is 2.78. The molecule has 0 aromatic heterocycles. The van der Waals surface area contributed by atoms with Gasteiger partial charge in [0, 0.05) is 29.4 Å². The molecule has 0 amide bonds. The molecule has 1 aliphatic carbocycles. The third kappa shape index (κ3) is 6.59. The predicted molar refractivity (Wildman–Crippen MR) is 76.3 cm³/mol. The summed E-state index contributed by atoms with van der Waals surface area (Å²) in [5, 5.41) is 17.4. The minimum absolute atomic E-state index is 0.137. The van der Waals surface area contributed by atoms with Crippen molar-refractivity contribution in [2.24, 2.45) is 0 Å². The number of ketones is 1. The van der Waals surface area contributed by atoms with Crippen LogP contribution in [0.15, 0.2) is 23.8 Å². The van der Waals surface area contributed by atoms with Crippen LogP contribution < -0.4 is 0 Å². The van der Waals surface area contributed by atoms with Crippen LogP contribution in [0.4, 0.5) is 0 Å². The molecule has 5 heteroatoms. The lowest BCUT2D eigenvalue weighted by atomic mass is 10.1. The zero-order valence-electron chi connectivity index (χ0n) is 10.9. The van der Waals surface area contributed by atoms with Gasteiger partial charge < -0.3 is 10.2 Å². The first kappa shape index (κ1) is 16.0. The first-order valence-electron chi connectivity index (χ1n) is 6.49. The van der Waals surface area contributed by atoms with Crippen LogP contribution in [-0.2, 0) is 9.59 Å². The number of hydrogen-bond acceptors (Lipinski definition) is 4. The molecule has 106 valence electrons. The first-order valence-corrected chi connectivity index (χ1v) is 7.54. The Bertz CT molecular complexity index is 374. The standard InChI is InChI=1S/C14H20O4S/c15-7-8-19-12-9-11(13(16)10-12)5-3-1-2-4-6-14(17)18/h3,5,9,12,15H,1-2,4,6-8,10H2,(H,17,18). The molecule has 0 heterocycles. The van der Waals surface area contributed by atoms with Crippen molar-refractivity contribution >= 4 is 23.5 Å². The van der Waals surface area contributed by atoms with Gasteiger partial charge in [0.05, 0.1) is 6.61 Å². The Hall–Kier alpha value is -1.07. The maximum absolute atomic E-state index is 11.7. The third-order valence-electron chi connectivity index (χ3n) is 2.81. The smallest absolute Gasteiger partial charge is 0.303 e. The number of hydrogen-bond donors (Lipinski definition) is 2. The second kappa shape index (κ2) is 8.93. The van der Waals surface area contributed by atoms with Gasteiger partial charge in [-0.05, 0) is 19.3 Å². The molecular weight excluding hydrogens is 264 g/mol. The Kier molecular flexibility index (Phi) is 7.52. The molecule has 1 rings (SSSR count). The van der Waals surface area contributed by atoms with E-state index in [0.717, 1.165) is 18.4 Å². The van der Waals surface area contributed by atoms with E-state index in [9.17, 15) is 9.59 Å². The zero-order chi connectivity index (χ0) is 14.1. The molecule has 1 aliphatic rings. The SMILES string of the molecule is O=C(O)CCCCC=CC1=CC(SCCO)CC1=O. The van der Waals surface area contributed by atoms with Crippen LogP contribution in [0.3, 0.4) is 0 Å². The van der Waals surface area contributed by atoms with Gasteiger partial charge in [0.2, 0.25) is 0 Å². The maximum atomic E-state index is 11.7. The van der Waals surface area contributed by atoms with Gasteiger partial charge in [0.1, 0.15) is 0 Å². The van der Waals surface area contributed by atoms with Gasteiger partial charge in [-0.3, -0.25) is 9.59 Å². The van der Waals surface area contributed by atoms with Crippen molar-refractivity contribution in [1.82, 2.24) is 0 Å². The lowest BCUT2D eigenvalue weighted by Crippen LogP contribution is -2.01. The molecule has 2 N–H and O–H groups in total. The molecule has 0 saturated carbocycles. The molecule has 0 spiro atoms. The van der Waals surface area contributed by atoms with E-state index in [2.05, 4.69) is 0 Å². The van der Waals surface area contributed by atoms with Crippen LogP contribution in [0, 0.1) is 0 Å². The summed E-state index contributed by atoms with van der Waals surface area (Å²) in [5.74, 6) is 0.0410. The van der Waals surface area contributed by atoms with E-state index < -0.39 is 5.97 Å². The van der Waals surface area contributed by atoms with Crippen molar-refractivity contribution in [2.75, 3.05) is 12.4 Å². The maximum Gasteiger partial charge on any atom is 0.303 e. The van der Waals surface area contributed by atoms with Gasteiger partial charge in [0.15, 0.2) is 5.78 Å². The van der Waals surface area contributed by atoms with E-state index in [1.165, 1.54) is 0 Å². The Balaban J connectivity index is 2.26. The number of aliphatic hydroxyl groups is 1. The van der Waals surface area contributed by atoms with Crippen molar-refractivity contribution in [3.63, 3.8) is 0 Å². The van der Waals surface area contributed by atoms with Gasteiger partial charge in [0.25, 0.3) is 0 Å². The predicted octanol–water partition coefficient (Wildman–Crippen LogP) is 2.18. The highest BCUT2D eigenvalue weighted by Crippen LogP contribution is 2.26. The minimum atomic E-state index is -0.763. The second-order valence-corrected chi connectivity index (χ2v) is 5.77. The van der Waals surface area contributed by atoms with Gasteiger partial charge in [-0.1, -0.05) is 18.2 Å². The number of unbranched alkanes of at least 4 members (excludes halogenated alkanes) is 2. The van der Waals surface area contributed by atoms with Crippen molar-refractivity contribution < 1.29 is 19.8 Å². The highest BCUT2D eigenvalue weighted by atomic mass is 32.2. The number of allylic oxidation sites excluding steroid dienone is 3. The monoisotopic (exact) mass is 284 g/mol. The number of aliphatic hydroxyl groups excluding tert-OH is 1. The zero-order valence-corrected chi connectivity index (χ0v) is 11.7. The summed E-state index contributed by atoms with van der Waals surface area (Å²) in [6, 6.07) is 0. The van der Waals surface area contributed by atoms with E-state index >= 15 is 0 Å². The molecule has 0 aromatic carbocycles. The lowest BCUT2D eigenvalue weighted by Gasteiger charge is -2.02. The van der Waals surface area contributed by atoms with E-state index in [0.29, 0.717) is 18.6 Å². The Morgan fingerprint density at radius 1 is 1.47 bits per heavy atom. The molecule has 0 aromatic rings. The summed E-state index contributed by atoms with van der Waals surface area (Å²) >= 11 is 1.60. The number of carbonyl (C=O) groups excluding carboxylic acids is 1. The van der Waals surface area contributed by atoms with Crippen molar-refractivity contribution in [1.29, 1.82) is 0 Å². The summed E-state index contributed by atoms with van der Waals surface area (Å²) in [6.45, 7) is 0.137. The van der Waals surface area contributed by atoms with Crippen LogP contribution >= 0.6 is 11.8 Å². The molecule has 0 fully saturated rings. The fourth-order valence-electron chi connectivity index (χ4n) is 1.86. The molecule has 0 bridgehead atoms. The number of carboxylic acid groups (broad SMARTS) is 1. The molecule has 4 nitrogen and oxygen atoms in total. The molecule has 19 heavy (non-hydrogen) atoms. The van der Waals surface area contributed by atoms with Crippen LogP contribution in [0.25, 0.3) is 0 Å². The van der Waals surface area contributed by atoms with E-state index in [1.807, 2.05) is 18.2 Å². The summed E-state index contributed by atoms with van der Waals surface area (Å²) in [5.41, 5.74) is 0.744. The van der Waals surface area contributed by atoms with Gasteiger partial charge >= 0.3 is 5.97 Å². The highest BCUT2D eigenvalue weighted by molar-refractivity contribution is 8.00. The van der Waals surface area contributed by atoms with E-state index in [-0.39, 0.29) is 24.1 Å². The Morgan fingerprint density at radius 2 is 2.26 bits per heavy atom. The number of rotatable bonds is 9. The third-order valence-corrected chi connectivity index (χ3v) is 3.96. The Labute approximate surface area is 117 Å². The van der Waals surface area contributed by atoms with Crippen LogP contribution in [0.5, 0.6) is 0 Å². The molecule has 0 saturated heterocycles. The average Bonchev–Trinajstić information content (AvgIpc) is 2.71. The van der Waals surface area contributed by atoms with Crippen molar-refractivity contribution in [3.8, 4) is 0 Å². The number of thioether (sulfide) groups is 1. The molecule has 1 atom stereocenters. The normalized spacial score (nSPS) is 19.1. The summed E-state index contributed by atoms with van der Waals surface area (Å²) in [7, 11) is 0. The highest BCUT2D eigenvalue weighted by Gasteiger charge is 2.22. The van der Waals surface area contributed by atoms with Crippen molar-refractivity contribution in [3.05, 3.63) is 23.8 Å². The summed E-state index contributed by atoms with van der Waals surface area (Å²) in [6.07, 6.45) is 8.74. The minimum Gasteiger partial charge on any atom is -0.481 e. The summed E-state index contributed by atoms with van der Waals surface area (Å²) in [4.78, 5) is 22.0. The van der Waals surface area contributed by atoms with Crippen LogP contribution in [0.2, 0.25) is 0 Å². The lowest BCUT2D eigenvalue weighted by molar-refractivity contribution is -0.137. The number of carboxylic acids is 1. The van der Waals surface area contributed by atoms with E-state index in [4.69, 9.17) is 10.2 Å². The first-order chi connectivity index (χ1) is 9.13. The second-order valence-electron chi connectivity index (χ2n) is 4.42. The van der Waals surface area contributed by atoms with E-state index in [1.54, 1.807) is 11.8 Å². The molecule has 1 unspecified atom stereocenters. The topological polar surface area (TPSA) is 74.6 Å². The average molecular weight is 284 g/mol. The number of carbonyl (C=O) groups is 2. The van der Waals surface area contributed by atoms with Crippen molar-refractivity contribution in [2.45, 2.75) is 37.4 Å². The summed E-state index contributed by atoms with van der Waals surface area (Å²) < 4.78 is 0. The fraction of sp³-hybridized carbons (Fsp3) is 0.571. The quantitative estimate of drug-likeness (QED) is 0.635. The van der Waals surface area contributed by atoms with Gasteiger partial charge in [-0.25, -0.2) is 0 Å². The van der Waals surface area contributed by atoms with Gasteiger partial charge in [-0.15, -0.1) is 0 Å². The van der Waals surface area contributed by atoms with Crippen LogP contribution in [-0.4, -0.2) is 39.6 Å². The van der Waals surface area contributed by atoms with Gasteiger partial charge in [-0.2, -0.15) is 11.8 Å². The molecule has 0 aliphatic heterocycles. The largest absolute Gasteiger partial charge is 0.481 e. The molecule has 0 radical (unpaired) electrons.